The van der Waals surface area contributed by atoms with E-state index in [4.69, 9.17) is 11.6 Å². The number of nitrogens with zero attached hydrogens (tertiary/aromatic N) is 3. The molecule has 0 bridgehead atoms. The maximum absolute atomic E-state index is 13.6. The van der Waals surface area contributed by atoms with Gasteiger partial charge in [-0.05, 0) is 51.3 Å². The highest BCUT2D eigenvalue weighted by Crippen LogP contribution is 2.37. The summed E-state index contributed by atoms with van der Waals surface area (Å²) in [6.45, 7) is 5.37. The number of thiazole rings is 1. The van der Waals surface area contributed by atoms with E-state index in [9.17, 15) is 14.7 Å². The summed E-state index contributed by atoms with van der Waals surface area (Å²) in [6, 6.07) is 5.72. The summed E-state index contributed by atoms with van der Waals surface area (Å²) in [6.07, 6.45) is 5.79. The Morgan fingerprint density at radius 3 is 2.61 bits per heavy atom. The van der Waals surface area contributed by atoms with Crippen molar-refractivity contribution in [3.8, 4) is 0 Å². The lowest BCUT2D eigenvalue weighted by molar-refractivity contribution is -0.145. The summed E-state index contributed by atoms with van der Waals surface area (Å²) in [5.41, 5.74) is 0.940. The number of rotatable bonds is 7. The predicted molar refractivity (Wildman–Crippen MR) is 129 cm³/mol. The molecule has 1 saturated carbocycles. The number of amides is 2. The van der Waals surface area contributed by atoms with E-state index in [1.54, 1.807) is 32.0 Å². The van der Waals surface area contributed by atoms with Crippen LogP contribution in [0.3, 0.4) is 0 Å². The van der Waals surface area contributed by atoms with Crippen LogP contribution in [-0.2, 0) is 4.79 Å². The fraction of sp³-hybridized carbons (Fsp3) is 0.500. The quantitative estimate of drug-likeness (QED) is 0.469. The number of carbonyl (C=O) groups excluding carboxylic acids is 1. The number of hydrogen-bond donors (Lipinski definition) is 1. The van der Waals surface area contributed by atoms with Crippen molar-refractivity contribution in [3.05, 3.63) is 35.0 Å². The number of hydrogen-bond acceptors (Lipinski definition) is 5. The highest BCUT2D eigenvalue weighted by Gasteiger charge is 2.33. The zero-order valence-corrected chi connectivity index (χ0v) is 20.6. The highest BCUT2D eigenvalue weighted by molar-refractivity contribution is 8.01. The minimum Gasteiger partial charge on any atom is -0.481 e. The zero-order valence-electron chi connectivity index (χ0n) is 18.2. The minimum atomic E-state index is -0.835. The van der Waals surface area contributed by atoms with E-state index in [2.05, 4.69) is 4.98 Å². The Hall–Kier alpha value is -1.77. The van der Waals surface area contributed by atoms with Crippen LogP contribution in [0.4, 0.5) is 15.6 Å². The van der Waals surface area contributed by atoms with Crippen molar-refractivity contribution in [3.63, 3.8) is 0 Å². The number of benzene rings is 1. The summed E-state index contributed by atoms with van der Waals surface area (Å²) in [5.74, 6) is -0.409. The number of aliphatic carboxylic acids is 1. The van der Waals surface area contributed by atoms with Gasteiger partial charge in [0.25, 0.3) is 0 Å². The smallest absolute Gasteiger partial charge is 0.330 e. The monoisotopic (exact) mass is 481 g/mol. The molecule has 0 aliphatic heterocycles. The largest absolute Gasteiger partial charge is 0.481 e. The Bertz CT molecular complexity index is 957. The first-order chi connectivity index (χ1) is 14.6. The molecule has 1 heterocycles. The summed E-state index contributed by atoms with van der Waals surface area (Å²) < 4.78 is 0.879. The SMILES string of the molecule is Cc1ccc(N(C(=O)N(C)c2ncc(SCC(C)(C)C(=O)O)s2)C2CCCC2)c(Cl)c1. The van der Waals surface area contributed by atoms with Crippen LogP contribution in [0, 0.1) is 12.3 Å². The Labute approximate surface area is 196 Å². The Morgan fingerprint density at radius 2 is 2.00 bits per heavy atom. The number of urea groups is 1. The minimum absolute atomic E-state index is 0.111. The molecule has 1 aliphatic carbocycles. The van der Waals surface area contributed by atoms with Gasteiger partial charge in [-0.2, -0.15) is 0 Å². The lowest BCUT2D eigenvalue weighted by atomic mass is 9.97. The van der Waals surface area contributed by atoms with E-state index >= 15 is 0 Å². The van der Waals surface area contributed by atoms with Crippen molar-refractivity contribution in [2.24, 2.45) is 5.41 Å². The molecule has 6 nitrogen and oxygen atoms in total. The van der Waals surface area contributed by atoms with Gasteiger partial charge in [0.15, 0.2) is 5.13 Å². The van der Waals surface area contributed by atoms with Gasteiger partial charge >= 0.3 is 12.0 Å². The van der Waals surface area contributed by atoms with E-state index in [1.807, 2.05) is 30.0 Å². The third-order valence-electron chi connectivity index (χ3n) is 5.46. The van der Waals surface area contributed by atoms with E-state index in [1.165, 1.54) is 23.1 Å². The van der Waals surface area contributed by atoms with E-state index < -0.39 is 11.4 Å². The molecule has 1 aromatic carbocycles. The number of aromatic nitrogens is 1. The van der Waals surface area contributed by atoms with E-state index in [0.717, 1.165) is 41.1 Å². The molecule has 0 spiro atoms. The molecular weight excluding hydrogens is 454 g/mol. The zero-order chi connectivity index (χ0) is 22.8. The third-order valence-corrected chi connectivity index (χ3v) is 8.49. The van der Waals surface area contributed by atoms with Gasteiger partial charge < -0.3 is 5.11 Å². The van der Waals surface area contributed by atoms with Crippen molar-refractivity contribution in [1.29, 1.82) is 0 Å². The Kier molecular flexibility index (Phi) is 7.55. The predicted octanol–water partition coefficient (Wildman–Crippen LogP) is 6.31. The third kappa shape index (κ3) is 5.54. The molecule has 1 aromatic heterocycles. The maximum atomic E-state index is 13.6. The summed E-state index contributed by atoms with van der Waals surface area (Å²) >= 11 is 9.36. The van der Waals surface area contributed by atoms with Gasteiger partial charge in [-0.3, -0.25) is 14.6 Å². The standard InChI is InChI=1S/C22H28ClN3O3S2/c1-14-9-10-17(16(23)11-14)26(15-7-5-6-8-15)21(29)25(4)20-24-12-18(31-20)30-13-22(2,3)19(27)28/h9-12,15H,5-8,13H2,1-4H3,(H,27,28). The van der Waals surface area contributed by atoms with Crippen molar-refractivity contribution in [2.75, 3.05) is 22.6 Å². The molecule has 0 radical (unpaired) electrons. The lowest BCUT2D eigenvalue weighted by Crippen LogP contribution is -2.46. The van der Waals surface area contributed by atoms with Crippen LogP contribution < -0.4 is 9.80 Å². The van der Waals surface area contributed by atoms with Crippen LogP contribution in [-0.4, -0.2) is 40.9 Å². The van der Waals surface area contributed by atoms with Gasteiger partial charge in [0.1, 0.15) is 0 Å². The number of carboxylic acid groups (broad SMARTS) is 1. The van der Waals surface area contributed by atoms with Gasteiger partial charge in [0, 0.05) is 18.8 Å². The molecule has 1 fully saturated rings. The van der Waals surface area contributed by atoms with Crippen LogP contribution in [0.15, 0.2) is 28.6 Å². The molecule has 1 N–H and O–H groups in total. The second-order valence-electron chi connectivity index (χ2n) is 8.54. The first-order valence-corrected chi connectivity index (χ1v) is 12.4. The van der Waals surface area contributed by atoms with Gasteiger partial charge in [0.05, 0.1) is 26.5 Å². The summed E-state index contributed by atoms with van der Waals surface area (Å²) in [4.78, 5) is 32.7. The number of anilines is 2. The molecule has 168 valence electrons. The fourth-order valence-corrected chi connectivity index (χ4v) is 5.78. The first-order valence-electron chi connectivity index (χ1n) is 10.3. The van der Waals surface area contributed by atoms with Crippen molar-refractivity contribution < 1.29 is 14.7 Å². The van der Waals surface area contributed by atoms with Gasteiger partial charge in [-0.1, -0.05) is 41.8 Å². The van der Waals surface area contributed by atoms with E-state index in [-0.39, 0.29) is 12.1 Å². The van der Waals surface area contributed by atoms with Crippen molar-refractivity contribution >= 4 is 57.5 Å². The molecule has 9 heteroatoms. The second-order valence-corrected chi connectivity index (χ2v) is 11.2. The molecular formula is C22H28ClN3O3S2. The number of carbonyl (C=O) groups is 2. The summed E-state index contributed by atoms with van der Waals surface area (Å²) in [5, 5.41) is 10.4. The number of thioether (sulfide) groups is 1. The molecule has 2 aromatic rings. The average molecular weight is 482 g/mol. The molecule has 0 atom stereocenters. The normalized spacial score (nSPS) is 14.6. The molecule has 1 aliphatic rings. The Morgan fingerprint density at radius 1 is 1.32 bits per heavy atom. The van der Waals surface area contributed by atoms with Gasteiger partial charge in [-0.15, -0.1) is 11.8 Å². The molecule has 0 saturated heterocycles. The lowest BCUT2D eigenvalue weighted by Gasteiger charge is -2.32. The van der Waals surface area contributed by atoms with E-state index in [0.29, 0.717) is 15.9 Å². The molecule has 0 unspecified atom stereocenters. The van der Waals surface area contributed by atoms with Crippen LogP contribution in [0.5, 0.6) is 0 Å². The molecule has 31 heavy (non-hydrogen) atoms. The topological polar surface area (TPSA) is 73.7 Å². The first kappa shape index (κ1) is 23.9. The maximum Gasteiger partial charge on any atom is 0.330 e. The second kappa shape index (κ2) is 9.79. The van der Waals surface area contributed by atoms with Gasteiger partial charge in [-0.25, -0.2) is 9.78 Å². The fourth-order valence-electron chi connectivity index (χ4n) is 3.45. The summed E-state index contributed by atoms with van der Waals surface area (Å²) in [7, 11) is 1.72. The van der Waals surface area contributed by atoms with Crippen LogP contribution >= 0.6 is 34.7 Å². The molecule has 3 rings (SSSR count). The molecule has 2 amide bonds. The van der Waals surface area contributed by atoms with Crippen LogP contribution in [0.2, 0.25) is 5.02 Å². The average Bonchev–Trinajstić information content (AvgIpc) is 3.39. The van der Waals surface area contributed by atoms with Gasteiger partial charge in [0.2, 0.25) is 0 Å². The highest BCUT2D eigenvalue weighted by atomic mass is 35.5. The number of halogens is 1. The van der Waals surface area contributed by atoms with Crippen LogP contribution in [0.1, 0.15) is 45.1 Å². The van der Waals surface area contributed by atoms with Crippen molar-refractivity contribution in [2.45, 2.75) is 56.7 Å². The number of carboxylic acids is 1. The van der Waals surface area contributed by atoms with Crippen molar-refractivity contribution in [1.82, 2.24) is 4.98 Å². The Balaban J connectivity index is 1.80. The number of aryl methyl sites for hydroxylation is 1. The van der Waals surface area contributed by atoms with Crippen LogP contribution in [0.25, 0.3) is 0 Å².